The van der Waals surface area contributed by atoms with E-state index in [2.05, 4.69) is 28.6 Å². The summed E-state index contributed by atoms with van der Waals surface area (Å²) >= 11 is 6.41. The van der Waals surface area contributed by atoms with Gasteiger partial charge in [-0.2, -0.15) is 13.2 Å². The molecular weight excluding hydrogens is 299 g/mol. The molecular formula is C7H3BrF3NO2S. The van der Waals surface area contributed by atoms with Crippen LogP contribution in [0.15, 0.2) is 21.5 Å². The fourth-order valence-electron chi connectivity index (χ4n) is 0.906. The zero-order valence-electron chi connectivity index (χ0n) is 6.88. The summed E-state index contributed by atoms with van der Waals surface area (Å²) < 4.78 is 37.1. The topological polar surface area (TPSA) is 43.1 Å². The third-order valence-corrected chi connectivity index (χ3v) is 2.98. The quantitative estimate of drug-likeness (QED) is 0.489. The zero-order chi connectivity index (χ0) is 11.8. The van der Waals surface area contributed by atoms with Gasteiger partial charge < -0.3 is 0 Å². The fourth-order valence-corrected chi connectivity index (χ4v) is 1.61. The van der Waals surface area contributed by atoms with Crippen molar-refractivity contribution in [3.05, 3.63) is 32.3 Å². The van der Waals surface area contributed by atoms with Crippen molar-refractivity contribution in [2.45, 2.75) is 11.1 Å². The smallest absolute Gasteiger partial charge is 0.258 e. The van der Waals surface area contributed by atoms with Crippen LogP contribution in [0.1, 0.15) is 5.56 Å². The van der Waals surface area contributed by atoms with E-state index in [9.17, 15) is 23.3 Å². The minimum Gasteiger partial charge on any atom is -0.258 e. The third kappa shape index (κ3) is 2.63. The summed E-state index contributed by atoms with van der Waals surface area (Å²) in [6.45, 7) is 0. The molecule has 0 heterocycles. The fraction of sp³-hybridized carbons (Fsp3) is 0.143. The lowest BCUT2D eigenvalue weighted by Gasteiger charge is -2.10. The van der Waals surface area contributed by atoms with E-state index in [1.165, 1.54) is 0 Å². The molecule has 0 atom stereocenters. The van der Waals surface area contributed by atoms with E-state index in [4.69, 9.17) is 0 Å². The van der Waals surface area contributed by atoms with Crippen LogP contribution in [-0.4, -0.2) is 4.92 Å². The molecule has 0 fully saturated rings. The van der Waals surface area contributed by atoms with Crippen molar-refractivity contribution in [1.29, 1.82) is 0 Å². The first-order valence-electron chi connectivity index (χ1n) is 3.47. The highest BCUT2D eigenvalue weighted by atomic mass is 79.9. The minimum absolute atomic E-state index is 0.0626. The van der Waals surface area contributed by atoms with Gasteiger partial charge in [0.2, 0.25) is 0 Å². The Morgan fingerprint density at radius 2 is 1.93 bits per heavy atom. The molecule has 1 aromatic carbocycles. The van der Waals surface area contributed by atoms with Gasteiger partial charge in [-0.3, -0.25) is 10.1 Å². The summed E-state index contributed by atoms with van der Waals surface area (Å²) in [5.41, 5.74) is -1.76. The first-order valence-corrected chi connectivity index (χ1v) is 4.71. The van der Waals surface area contributed by atoms with Crippen LogP contribution in [0.3, 0.4) is 0 Å². The Balaban J connectivity index is 3.45. The molecule has 0 unspecified atom stereocenters. The number of non-ortho nitro benzene ring substituents is 1. The van der Waals surface area contributed by atoms with E-state index in [0.717, 1.165) is 6.07 Å². The number of halogens is 4. The predicted molar refractivity (Wildman–Crippen MR) is 53.1 cm³/mol. The summed E-state index contributed by atoms with van der Waals surface area (Å²) in [6, 6.07) is 1.42. The maximum Gasteiger partial charge on any atom is 0.417 e. The molecule has 0 N–H and O–H groups in total. The van der Waals surface area contributed by atoms with E-state index in [1.807, 2.05) is 0 Å². The largest absolute Gasteiger partial charge is 0.417 e. The van der Waals surface area contributed by atoms with Crippen molar-refractivity contribution in [3.63, 3.8) is 0 Å². The van der Waals surface area contributed by atoms with Gasteiger partial charge in [-0.1, -0.05) is 0 Å². The molecule has 0 bridgehead atoms. The van der Waals surface area contributed by atoms with Crippen molar-refractivity contribution in [2.75, 3.05) is 0 Å². The van der Waals surface area contributed by atoms with Gasteiger partial charge in [0.1, 0.15) is 0 Å². The normalized spacial score (nSPS) is 11.5. The maximum absolute atomic E-state index is 12.4. The molecule has 0 saturated carbocycles. The van der Waals surface area contributed by atoms with Crippen LogP contribution in [0.5, 0.6) is 0 Å². The van der Waals surface area contributed by atoms with Crippen LogP contribution in [0.2, 0.25) is 0 Å². The van der Waals surface area contributed by atoms with Crippen LogP contribution >= 0.6 is 28.6 Å². The van der Waals surface area contributed by atoms with E-state index >= 15 is 0 Å². The zero-order valence-corrected chi connectivity index (χ0v) is 9.36. The molecule has 3 nitrogen and oxygen atoms in total. The third-order valence-electron chi connectivity index (χ3n) is 1.56. The van der Waals surface area contributed by atoms with Crippen LogP contribution in [-0.2, 0) is 6.18 Å². The van der Waals surface area contributed by atoms with Gasteiger partial charge in [-0.15, -0.1) is 12.6 Å². The van der Waals surface area contributed by atoms with Crippen LogP contribution in [0.4, 0.5) is 18.9 Å². The van der Waals surface area contributed by atoms with Crippen molar-refractivity contribution in [3.8, 4) is 0 Å². The van der Waals surface area contributed by atoms with Crippen LogP contribution in [0.25, 0.3) is 0 Å². The summed E-state index contributed by atoms with van der Waals surface area (Å²) in [4.78, 5) is 9.07. The SMILES string of the molecule is O=[N+]([O-])c1cc(Br)c(S)c(C(F)(F)F)c1. The predicted octanol–water partition coefficient (Wildman–Crippen LogP) is 3.66. The maximum atomic E-state index is 12.4. The van der Waals surface area contributed by atoms with Crippen molar-refractivity contribution < 1.29 is 18.1 Å². The molecule has 0 aliphatic carbocycles. The second kappa shape index (κ2) is 4.01. The van der Waals surface area contributed by atoms with Crippen molar-refractivity contribution in [1.82, 2.24) is 0 Å². The number of nitrogens with zero attached hydrogens (tertiary/aromatic N) is 1. The molecule has 15 heavy (non-hydrogen) atoms. The summed E-state index contributed by atoms with van der Waals surface area (Å²) in [7, 11) is 0. The molecule has 0 aliphatic heterocycles. The average molecular weight is 302 g/mol. The number of nitro benzene ring substituents is 1. The lowest BCUT2D eigenvalue weighted by molar-refractivity contribution is -0.385. The molecule has 82 valence electrons. The van der Waals surface area contributed by atoms with Crippen LogP contribution in [0, 0.1) is 10.1 Å². The molecule has 0 spiro atoms. The van der Waals surface area contributed by atoms with Gasteiger partial charge in [-0.25, -0.2) is 0 Å². The number of nitro groups is 1. The van der Waals surface area contributed by atoms with Gasteiger partial charge in [0, 0.05) is 21.5 Å². The number of benzene rings is 1. The number of hydrogen-bond acceptors (Lipinski definition) is 3. The van der Waals surface area contributed by atoms with Gasteiger partial charge in [0.15, 0.2) is 0 Å². The number of alkyl halides is 3. The molecule has 0 aromatic heterocycles. The summed E-state index contributed by atoms with van der Waals surface area (Å²) in [5.74, 6) is 0. The number of rotatable bonds is 1. The van der Waals surface area contributed by atoms with Gasteiger partial charge >= 0.3 is 6.18 Å². The highest BCUT2D eigenvalue weighted by Crippen LogP contribution is 2.39. The number of thiol groups is 1. The minimum atomic E-state index is -4.66. The molecule has 8 heteroatoms. The molecule has 0 saturated heterocycles. The highest BCUT2D eigenvalue weighted by molar-refractivity contribution is 9.10. The van der Waals surface area contributed by atoms with Crippen LogP contribution < -0.4 is 0 Å². The van der Waals surface area contributed by atoms with E-state index < -0.39 is 22.4 Å². The molecule has 0 amide bonds. The number of hydrogen-bond donors (Lipinski definition) is 1. The Morgan fingerprint density at radius 1 is 1.40 bits per heavy atom. The van der Waals surface area contributed by atoms with E-state index in [1.54, 1.807) is 0 Å². The van der Waals surface area contributed by atoms with Crippen molar-refractivity contribution >= 4 is 34.2 Å². The molecule has 1 rings (SSSR count). The van der Waals surface area contributed by atoms with E-state index in [0.29, 0.717) is 6.07 Å². The Morgan fingerprint density at radius 3 is 2.33 bits per heavy atom. The lowest BCUT2D eigenvalue weighted by Crippen LogP contribution is -2.07. The first kappa shape index (κ1) is 12.3. The summed E-state index contributed by atoms with van der Waals surface area (Å²) in [5, 5.41) is 10.3. The van der Waals surface area contributed by atoms with E-state index in [-0.39, 0.29) is 9.37 Å². The van der Waals surface area contributed by atoms with Gasteiger partial charge in [0.05, 0.1) is 10.5 Å². The molecule has 1 aromatic rings. The Hall–Kier alpha value is -0.760. The van der Waals surface area contributed by atoms with Gasteiger partial charge in [0.25, 0.3) is 5.69 Å². The molecule has 0 radical (unpaired) electrons. The average Bonchev–Trinajstić information content (AvgIpc) is 2.06. The standard InChI is InChI=1S/C7H3BrF3NO2S/c8-5-2-3(12(13)14)1-4(6(5)15)7(9,10)11/h1-2,15H. The molecule has 0 aliphatic rings. The Kier molecular flexibility index (Phi) is 3.29. The lowest BCUT2D eigenvalue weighted by atomic mass is 10.2. The first-order chi connectivity index (χ1) is 6.73. The Bertz CT molecular complexity index is 421. The monoisotopic (exact) mass is 301 g/mol. The second-order valence-corrected chi connectivity index (χ2v) is 3.88. The van der Waals surface area contributed by atoms with Gasteiger partial charge in [-0.05, 0) is 15.9 Å². The second-order valence-electron chi connectivity index (χ2n) is 2.58. The summed E-state index contributed by atoms with van der Waals surface area (Å²) in [6.07, 6.45) is -4.66. The highest BCUT2D eigenvalue weighted by Gasteiger charge is 2.35. The Labute approximate surface area is 96.0 Å². The van der Waals surface area contributed by atoms with Crippen molar-refractivity contribution in [2.24, 2.45) is 0 Å².